The standard InChI is InChI=1S/C32H29BrClN3O2/c1-18-11-12-22(34)15-27(18)37-26-8-6-9-28(38)31(26)30(24(16-35)32(37)36)23-14-21(19(2)13-20(23)3)17-39-29-10-5-4-7-25(29)33/h4-5,7,10-15,30H,6,8-9,17,36H2,1-3H3. The van der Waals surface area contributed by atoms with Gasteiger partial charge in [0.1, 0.15) is 18.2 Å². The van der Waals surface area contributed by atoms with Gasteiger partial charge >= 0.3 is 0 Å². The van der Waals surface area contributed by atoms with Gasteiger partial charge in [-0.1, -0.05) is 41.9 Å². The van der Waals surface area contributed by atoms with E-state index in [1.165, 1.54) is 0 Å². The molecule has 0 saturated carbocycles. The van der Waals surface area contributed by atoms with Crippen LogP contribution in [-0.4, -0.2) is 5.78 Å². The van der Waals surface area contributed by atoms with Gasteiger partial charge in [-0.2, -0.15) is 5.26 Å². The van der Waals surface area contributed by atoms with E-state index >= 15 is 0 Å². The third kappa shape index (κ3) is 4.97. The van der Waals surface area contributed by atoms with Gasteiger partial charge in [-0.25, -0.2) is 0 Å². The average Bonchev–Trinajstić information content (AvgIpc) is 2.90. The number of carbonyl (C=O) groups is 1. The molecule has 198 valence electrons. The SMILES string of the molecule is Cc1cc(C)c(C2C(C#N)=C(N)N(c3cc(Cl)ccc3C)C3=C2C(=O)CCC3)cc1COc1ccccc1Br. The van der Waals surface area contributed by atoms with E-state index in [0.29, 0.717) is 41.4 Å². The summed E-state index contributed by atoms with van der Waals surface area (Å²) in [7, 11) is 0. The van der Waals surface area contributed by atoms with Crippen LogP contribution in [0.4, 0.5) is 5.69 Å². The molecule has 1 unspecified atom stereocenters. The van der Waals surface area contributed by atoms with Gasteiger partial charge in [0.2, 0.25) is 0 Å². The summed E-state index contributed by atoms with van der Waals surface area (Å²) in [5, 5.41) is 11.0. The molecule has 0 radical (unpaired) electrons. The number of hydrogen-bond acceptors (Lipinski definition) is 5. The number of allylic oxidation sites excluding steroid dienone is 3. The summed E-state index contributed by atoms with van der Waals surface area (Å²) in [5.74, 6) is 0.597. The Bertz CT molecular complexity index is 1600. The minimum Gasteiger partial charge on any atom is -0.488 e. The van der Waals surface area contributed by atoms with Crippen LogP contribution in [0, 0.1) is 32.1 Å². The zero-order valence-corrected chi connectivity index (χ0v) is 24.5. The monoisotopic (exact) mass is 601 g/mol. The van der Waals surface area contributed by atoms with Crippen molar-refractivity contribution in [1.29, 1.82) is 5.26 Å². The molecule has 5 rings (SSSR count). The first-order valence-corrected chi connectivity index (χ1v) is 14.1. The maximum Gasteiger partial charge on any atom is 0.161 e. The van der Waals surface area contributed by atoms with Crippen LogP contribution in [0.3, 0.4) is 0 Å². The van der Waals surface area contributed by atoms with Crippen molar-refractivity contribution in [2.24, 2.45) is 5.73 Å². The topological polar surface area (TPSA) is 79.4 Å². The number of anilines is 1. The van der Waals surface area contributed by atoms with E-state index in [2.05, 4.69) is 34.1 Å². The molecule has 0 spiro atoms. The summed E-state index contributed by atoms with van der Waals surface area (Å²) in [6, 6.07) is 19.9. The van der Waals surface area contributed by atoms with Gasteiger partial charge in [-0.15, -0.1) is 0 Å². The minimum atomic E-state index is -0.545. The second-order valence-electron chi connectivity index (χ2n) is 10.1. The van der Waals surface area contributed by atoms with Crippen LogP contribution < -0.4 is 15.4 Å². The molecule has 1 heterocycles. The number of rotatable bonds is 5. The maximum atomic E-state index is 13.6. The van der Waals surface area contributed by atoms with Crippen molar-refractivity contribution < 1.29 is 9.53 Å². The first-order valence-electron chi connectivity index (χ1n) is 12.9. The Morgan fingerprint density at radius 3 is 2.59 bits per heavy atom. The summed E-state index contributed by atoms with van der Waals surface area (Å²) < 4.78 is 7.02. The van der Waals surface area contributed by atoms with Gasteiger partial charge in [0.15, 0.2) is 5.78 Å². The van der Waals surface area contributed by atoms with Crippen LogP contribution in [0.2, 0.25) is 5.02 Å². The molecule has 5 nitrogen and oxygen atoms in total. The van der Waals surface area contributed by atoms with E-state index in [1.807, 2.05) is 68.1 Å². The van der Waals surface area contributed by atoms with Crippen molar-refractivity contribution in [2.75, 3.05) is 4.90 Å². The van der Waals surface area contributed by atoms with E-state index in [4.69, 9.17) is 22.1 Å². The summed E-state index contributed by atoms with van der Waals surface area (Å²) in [6.07, 6.45) is 1.86. The van der Waals surface area contributed by atoms with Crippen molar-refractivity contribution >= 4 is 39.0 Å². The van der Waals surface area contributed by atoms with Crippen LogP contribution in [0.25, 0.3) is 0 Å². The van der Waals surface area contributed by atoms with E-state index < -0.39 is 5.92 Å². The van der Waals surface area contributed by atoms with Crippen LogP contribution in [-0.2, 0) is 11.4 Å². The highest BCUT2D eigenvalue weighted by Gasteiger charge is 2.41. The van der Waals surface area contributed by atoms with Crippen molar-refractivity contribution in [2.45, 2.75) is 52.6 Å². The molecule has 3 aromatic carbocycles. The highest BCUT2D eigenvalue weighted by Crippen LogP contribution is 2.48. The summed E-state index contributed by atoms with van der Waals surface area (Å²) in [4.78, 5) is 15.5. The van der Waals surface area contributed by atoms with Crippen molar-refractivity contribution in [3.63, 3.8) is 0 Å². The molecule has 0 saturated heterocycles. The van der Waals surface area contributed by atoms with Crippen molar-refractivity contribution in [1.82, 2.24) is 0 Å². The van der Waals surface area contributed by atoms with Gasteiger partial charge in [0.25, 0.3) is 0 Å². The van der Waals surface area contributed by atoms with Gasteiger partial charge in [0.05, 0.1) is 27.7 Å². The summed E-state index contributed by atoms with van der Waals surface area (Å²) in [5.41, 5.74) is 14.4. The Kier molecular flexibility index (Phi) is 7.57. The number of nitrogens with zero attached hydrogens (tertiary/aromatic N) is 2. The lowest BCUT2D eigenvalue weighted by Gasteiger charge is -2.40. The Labute approximate surface area is 242 Å². The number of Topliss-reactive ketones (excluding diaryl/α,β-unsaturated/α-hetero) is 1. The number of hydrogen-bond donors (Lipinski definition) is 1. The molecule has 1 aliphatic carbocycles. The molecule has 2 N–H and O–H groups in total. The average molecular weight is 603 g/mol. The molecule has 0 amide bonds. The van der Waals surface area contributed by atoms with Crippen molar-refractivity contribution in [3.05, 3.63) is 115 Å². The van der Waals surface area contributed by atoms with E-state index in [1.54, 1.807) is 0 Å². The Hall–Kier alpha value is -3.53. The summed E-state index contributed by atoms with van der Waals surface area (Å²) in [6.45, 7) is 6.39. The normalized spacial score (nSPS) is 17.3. The lowest BCUT2D eigenvalue weighted by atomic mass is 9.74. The van der Waals surface area contributed by atoms with Crippen molar-refractivity contribution in [3.8, 4) is 11.8 Å². The predicted octanol–water partition coefficient (Wildman–Crippen LogP) is 7.91. The highest BCUT2D eigenvalue weighted by atomic mass is 79.9. The van der Waals surface area contributed by atoms with Crippen LogP contribution in [0.1, 0.15) is 53.0 Å². The van der Waals surface area contributed by atoms with Gasteiger partial charge in [0, 0.05) is 22.7 Å². The van der Waals surface area contributed by atoms with E-state index in [9.17, 15) is 10.1 Å². The first kappa shape index (κ1) is 27.1. The predicted molar refractivity (Wildman–Crippen MR) is 159 cm³/mol. The fourth-order valence-corrected chi connectivity index (χ4v) is 6.16. The number of ether oxygens (including phenoxy) is 1. The molecular weight excluding hydrogens is 574 g/mol. The molecule has 3 aromatic rings. The number of halogens is 2. The van der Waals surface area contributed by atoms with Gasteiger partial charge < -0.3 is 10.5 Å². The second-order valence-corrected chi connectivity index (χ2v) is 11.4. The van der Waals surface area contributed by atoms with E-state index in [-0.39, 0.29) is 5.78 Å². The Morgan fingerprint density at radius 1 is 1.08 bits per heavy atom. The molecule has 39 heavy (non-hydrogen) atoms. The van der Waals surface area contributed by atoms with Gasteiger partial charge in [-0.3, -0.25) is 9.69 Å². The third-order valence-corrected chi connectivity index (χ3v) is 8.47. The Balaban J connectivity index is 1.65. The molecule has 1 aliphatic heterocycles. The molecule has 0 aromatic heterocycles. The lowest BCUT2D eigenvalue weighted by Crippen LogP contribution is -2.39. The van der Waals surface area contributed by atoms with Crippen LogP contribution >= 0.6 is 27.5 Å². The highest BCUT2D eigenvalue weighted by molar-refractivity contribution is 9.10. The third-order valence-electron chi connectivity index (χ3n) is 7.58. The van der Waals surface area contributed by atoms with Crippen LogP contribution in [0.15, 0.2) is 81.7 Å². The fourth-order valence-electron chi connectivity index (χ4n) is 5.60. The molecule has 2 aliphatic rings. The lowest BCUT2D eigenvalue weighted by molar-refractivity contribution is -0.116. The first-order chi connectivity index (χ1) is 18.7. The number of nitriles is 1. The number of ketones is 1. The summed E-state index contributed by atoms with van der Waals surface area (Å²) >= 11 is 9.92. The van der Waals surface area contributed by atoms with Crippen LogP contribution in [0.5, 0.6) is 5.75 Å². The molecule has 0 bridgehead atoms. The molecule has 7 heteroatoms. The minimum absolute atomic E-state index is 0.0529. The number of aryl methyl sites for hydroxylation is 3. The Morgan fingerprint density at radius 2 is 1.85 bits per heavy atom. The maximum absolute atomic E-state index is 13.6. The molecule has 0 fully saturated rings. The van der Waals surface area contributed by atoms with E-state index in [0.717, 1.165) is 55.8 Å². The number of para-hydroxylation sites is 1. The smallest absolute Gasteiger partial charge is 0.161 e. The number of nitrogens with two attached hydrogens (primary N) is 1. The second kappa shape index (κ2) is 10.9. The zero-order valence-electron chi connectivity index (χ0n) is 22.1. The quantitative estimate of drug-likeness (QED) is 0.321. The number of carbonyl (C=O) groups excluding carboxylic acids is 1. The fraction of sp³-hybridized carbons (Fsp3) is 0.250. The zero-order chi connectivity index (χ0) is 27.8. The molecular formula is C32H29BrClN3O2. The number of benzene rings is 3. The van der Waals surface area contributed by atoms with Gasteiger partial charge in [-0.05, 0) is 102 Å². The molecule has 1 atom stereocenters. The largest absolute Gasteiger partial charge is 0.488 e.